The summed E-state index contributed by atoms with van der Waals surface area (Å²) in [6.07, 6.45) is 0. The van der Waals surface area contributed by atoms with Crippen molar-refractivity contribution in [2.75, 3.05) is 14.2 Å². The van der Waals surface area contributed by atoms with Gasteiger partial charge in [-0.05, 0) is 0 Å². The number of ether oxygens (including phenoxy) is 2. The van der Waals surface area contributed by atoms with Gasteiger partial charge in [0.1, 0.15) is 0 Å². The number of hydrogen-bond donors (Lipinski definition) is 1. The highest BCUT2D eigenvalue weighted by atomic mass is 16.5. The van der Waals surface area contributed by atoms with Gasteiger partial charge in [-0.2, -0.15) is 5.26 Å². The summed E-state index contributed by atoms with van der Waals surface area (Å²) in [4.78, 5) is 11.6. The molecule has 8 nitrogen and oxygen atoms in total. The van der Waals surface area contributed by atoms with E-state index in [-0.39, 0.29) is 32.0 Å². The van der Waals surface area contributed by atoms with Gasteiger partial charge in [0.25, 0.3) is 0 Å². The predicted octanol–water partition coefficient (Wildman–Crippen LogP) is -0.239. The molecule has 0 bridgehead atoms. The minimum Gasteiger partial charge on any atom is -0.617 e. The number of hydrogen-bond acceptors (Lipinski definition) is 6. The van der Waals surface area contributed by atoms with Crippen LogP contribution in [-0.4, -0.2) is 24.2 Å². The average molecular weight is 263 g/mol. The highest BCUT2D eigenvalue weighted by Crippen LogP contribution is 2.30. The van der Waals surface area contributed by atoms with E-state index >= 15 is 0 Å². The van der Waals surface area contributed by atoms with Crippen LogP contribution in [-0.2, 0) is 0 Å². The molecule has 8 heteroatoms. The molecule has 98 valence electrons. The summed E-state index contributed by atoms with van der Waals surface area (Å²) < 4.78 is 10.4. The summed E-state index contributed by atoms with van der Waals surface area (Å²) in [5.41, 5.74) is -2.01. The Kier molecular flexibility index (Phi) is 2.88. The number of rotatable bonds is 2. The molecule has 1 heterocycles. The first kappa shape index (κ1) is 12.5. The highest BCUT2D eigenvalue weighted by molar-refractivity contribution is 5.76. The fourth-order valence-electron chi connectivity index (χ4n) is 1.70. The van der Waals surface area contributed by atoms with Crippen LogP contribution in [0.5, 0.6) is 11.5 Å². The van der Waals surface area contributed by atoms with Crippen molar-refractivity contribution in [1.82, 2.24) is 4.73 Å². The Hall–Kier alpha value is -2.95. The van der Waals surface area contributed by atoms with Crippen molar-refractivity contribution in [1.29, 1.82) is 5.26 Å². The molecule has 1 aromatic heterocycles. The Morgan fingerprint density at radius 3 is 2.47 bits per heavy atom. The fourth-order valence-corrected chi connectivity index (χ4v) is 1.70. The van der Waals surface area contributed by atoms with Crippen molar-refractivity contribution in [3.8, 4) is 17.6 Å². The van der Waals surface area contributed by atoms with Crippen LogP contribution in [0.15, 0.2) is 16.9 Å². The van der Waals surface area contributed by atoms with Crippen molar-refractivity contribution in [2.45, 2.75) is 0 Å². The Labute approximate surface area is 106 Å². The first-order valence-corrected chi connectivity index (χ1v) is 5.08. The normalized spacial score (nSPS) is 10.2. The molecule has 2 aromatic rings. The molecule has 0 radical (unpaired) electrons. The molecule has 0 fully saturated rings. The number of benzene rings is 1. The van der Waals surface area contributed by atoms with E-state index in [1.807, 2.05) is 0 Å². The zero-order valence-corrected chi connectivity index (χ0v) is 10.1. The van der Waals surface area contributed by atoms with Crippen molar-refractivity contribution in [3.05, 3.63) is 33.4 Å². The fraction of sp³-hybridized carbons (Fsp3) is 0.182. The largest absolute Gasteiger partial charge is 0.617 e. The number of nitrogens with zero attached hydrogens (tertiary/aromatic N) is 3. The number of aromatic nitrogens is 2. The molecule has 0 saturated carbocycles. The predicted molar refractivity (Wildman–Crippen MR) is 62.2 cm³/mol. The van der Waals surface area contributed by atoms with E-state index in [1.165, 1.54) is 32.4 Å². The van der Waals surface area contributed by atoms with Gasteiger partial charge in [-0.3, -0.25) is 4.79 Å². The lowest BCUT2D eigenvalue weighted by Gasteiger charge is -2.10. The zero-order chi connectivity index (χ0) is 14.2. The van der Waals surface area contributed by atoms with Gasteiger partial charge < -0.3 is 19.9 Å². The highest BCUT2D eigenvalue weighted by Gasteiger charge is 2.22. The molecule has 0 aliphatic heterocycles. The smallest absolute Gasteiger partial charge is 0.368 e. The molecular formula is C11H9N3O5. The maximum absolute atomic E-state index is 11.9. The quantitative estimate of drug-likeness (QED) is 0.454. The molecule has 0 atom stereocenters. The van der Waals surface area contributed by atoms with E-state index in [0.29, 0.717) is 0 Å². The second-order valence-corrected chi connectivity index (χ2v) is 3.57. The molecular weight excluding hydrogens is 254 g/mol. The minimum atomic E-state index is -1.10. The van der Waals surface area contributed by atoms with Crippen LogP contribution in [0.2, 0.25) is 0 Å². The van der Waals surface area contributed by atoms with E-state index in [1.54, 1.807) is 0 Å². The van der Waals surface area contributed by atoms with Gasteiger partial charge in [-0.25, -0.2) is 0 Å². The van der Waals surface area contributed by atoms with E-state index < -0.39 is 11.3 Å². The summed E-state index contributed by atoms with van der Waals surface area (Å²) in [7, 11) is 2.75. The maximum atomic E-state index is 11.9. The second-order valence-electron chi connectivity index (χ2n) is 3.57. The topological polar surface area (TPSA) is 111 Å². The summed E-state index contributed by atoms with van der Waals surface area (Å²) in [6, 6.07) is 3.99. The molecule has 1 N–H and O–H groups in total. The van der Waals surface area contributed by atoms with Crippen LogP contribution >= 0.6 is 0 Å². The first-order valence-electron chi connectivity index (χ1n) is 5.08. The van der Waals surface area contributed by atoms with E-state index in [0.717, 1.165) is 0 Å². The van der Waals surface area contributed by atoms with Gasteiger partial charge in [-0.15, -0.1) is 9.46 Å². The van der Waals surface area contributed by atoms with Crippen LogP contribution in [0.1, 0.15) is 5.69 Å². The summed E-state index contributed by atoms with van der Waals surface area (Å²) >= 11 is 0. The summed E-state index contributed by atoms with van der Waals surface area (Å²) in [6.45, 7) is 0. The van der Waals surface area contributed by atoms with E-state index in [9.17, 15) is 15.2 Å². The Bertz CT molecular complexity index is 760. The lowest BCUT2D eigenvalue weighted by molar-refractivity contribution is -0.581. The summed E-state index contributed by atoms with van der Waals surface area (Å²) in [5.74, 6) is 0.476. The average Bonchev–Trinajstić information content (AvgIpc) is 2.44. The number of methoxy groups -OCH3 is 2. The van der Waals surface area contributed by atoms with Crippen molar-refractivity contribution >= 4 is 11.0 Å². The lowest BCUT2D eigenvalue weighted by atomic mass is 10.2. The molecule has 0 spiro atoms. The Balaban J connectivity index is 3.01. The third kappa shape index (κ3) is 1.68. The standard InChI is InChI=1S/C11H9N3O5/c1-18-9-3-6-7(4-10(9)19-2)14(17)11(15)8(5-12)13(6)16/h3-4,17H,1-2H3. The van der Waals surface area contributed by atoms with Crippen molar-refractivity contribution in [3.63, 3.8) is 0 Å². The zero-order valence-electron chi connectivity index (χ0n) is 10.1. The third-order valence-electron chi connectivity index (χ3n) is 2.63. The van der Waals surface area contributed by atoms with Crippen LogP contribution in [0.3, 0.4) is 0 Å². The maximum Gasteiger partial charge on any atom is 0.368 e. The van der Waals surface area contributed by atoms with Gasteiger partial charge in [0, 0.05) is 6.07 Å². The van der Waals surface area contributed by atoms with Gasteiger partial charge in [0.15, 0.2) is 23.1 Å². The second kappa shape index (κ2) is 4.38. The van der Waals surface area contributed by atoms with Crippen LogP contribution < -0.4 is 19.8 Å². The monoisotopic (exact) mass is 263 g/mol. The first-order chi connectivity index (χ1) is 9.04. The van der Waals surface area contributed by atoms with Crippen molar-refractivity contribution < 1.29 is 19.4 Å². The molecule has 1 aromatic carbocycles. The van der Waals surface area contributed by atoms with Gasteiger partial charge >= 0.3 is 11.3 Å². The minimum absolute atomic E-state index is 0.0864. The number of nitriles is 1. The molecule has 0 aliphatic carbocycles. The molecule has 2 rings (SSSR count). The molecule has 0 aliphatic rings. The molecule has 0 unspecified atom stereocenters. The molecule has 0 amide bonds. The Morgan fingerprint density at radius 2 is 1.95 bits per heavy atom. The summed E-state index contributed by atoms with van der Waals surface area (Å²) in [5, 5.41) is 30.3. The third-order valence-corrected chi connectivity index (χ3v) is 2.63. The SMILES string of the molecule is COc1cc2c(cc1OC)[n+]([O-])c(C#N)c(=O)n2O. The van der Waals surface area contributed by atoms with E-state index in [4.69, 9.17) is 14.7 Å². The van der Waals surface area contributed by atoms with E-state index in [2.05, 4.69) is 0 Å². The number of fused-ring (bicyclic) bond motifs is 1. The van der Waals surface area contributed by atoms with Gasteiger partial charge in [-0.1, -0.05) is 0 Å². The lowest BCUT2D eigenvalue weighted by Crippen LogP contribution is -2.42. The van der Waals surface area contributed by atoms with Crippen LogP contribution in [0, 0.1) is 16.5 Å². The molecule has 0 saturated heterocycles. The van der Waals surface area contributed by atoms with Crippen LogP contribution in [0.4, 0.5) is 0 Å². The Morgan fingerprint density at radius 1 is 1.37 bits per heavy atom. The van der Waals surface area contributed by atoms with Gasteiger partial charge in [0.05, 0.1) is 20.3 Å². The van der Waals surface area contributed by atoms with Crippen LogP contribution in [0.25, 0.3) is 11.0 Å². The van der Waals surface area contributed by atoms with Gasteiger partial charge in [0.2, 0.25) is 5.52 Å². The van der Waals surface area contributed by atoms with Crippen molar-refractivity contribution in [2.24, 2.45) is 0 Å². The molecule has 19 heavy (non-hydrogen) atoms.